The van der Waals surface area contributed by atoms with Crippen molar-refractivity contribution < 1.29 is 19.0 Å². The highest BCUT2D eigenvalue weighted by Gasteiger charge is 2.16. The number of carbonyl (C=O) groups is 1. The number of hydrogen-bond donors (Lipinski definition) is 1. The van der Waals surface area contributed by atoms with Crippen molar-refractivity contribution >= 4 is 17.6 Å². The van der Waals surface area contributed by atoms with Gasteiger partial charge in [-0.2, -0.15) is 0 Å². The van der Waals surface area contributed by atoms with Gasteiger partial charge < -0.3 is 9.84 Å². The summed E-state index contributed by atoms with van der Waals surface area (Å²) in [5, 5.41) is 8.79. The van der Waals surface area contributed by atoms with E-state index in [1.54, 1.807) is 6.07 Å². The molecule has 0 heterocycles. The Morgan fingerprint density at radius 1 is 1.59 bits per heavy atom. The minimum atomic E-state index is -0.960. The first-order valence-electron chi connectivity index (χ1n) is 5.14. The quantitative estimate of drug-likeness (QED) is 0.885. The first kappa shape index (κ1) is 13.9. The van der Waals surface area contributed by atoms with E-state index in [9.17, 15) is 9.18 Å². The molecular weight excluding hydrogens is 247 g/mol. The van der Waals surface area contributed by atoms with Crippen LogP contribution < -0.4 is 0 Å². The van der Waals surface area contributed by atoms with Crippen molar-refractivity contribution in [3.8, 4) is 0 Å². The van der Waals surface area contributed by atoms with E-state index in [1.165, 1.54) is 20.1 Å². The molecule has 1 atom stereocenters. The Bertz CT molecular complexity index is 420. The van der Waals surface area contributed by atoms with Gasteiger partial charge in [-0.3, -0.25) is 4.79 Å². The SMILES string of the molecule is COCc1cc(Cl)c(F)c(CC(C)C(=O)O)c1. The molecule has 17 heavy (non-hydrogen) atoms. The molecule has 0 aliphatic heterocycles. The van der Waals surface area contributed by atoms with Gasteiger partial charge in [0.15, 0.2) is 0 Å². The minimum absolute atomic E-state index is 0.00728. The van der Waals surface area contributed by atoms with Gasteiger partial charge in [-0.25, -0.2) is 4.39 Å². The Balaban J connectivity index is 3.00. The Morgan fingerprint density at radius 3 is 2.76 bits per heavy atom. The molecule has 0 saturated carbocycles. The first-order chi connectivity index (χ1) is 7.95. The van der Waals surface area contributed by atoms with Crippen LogP contribution in [0.4, 0.5) is 4.39 Å². The molecule has 1 aromatic carbocycles. The number of aliphatic carboxylic acids is 1. The molecule has 1 unspecified atom stereocenters. The number of hydrogen-bond acceptors (Lipinski definition) is 2. The summed E-state index contributed by atoms with van der Waals surface area (Å²) in [6.45, 7) is 1.84. The molecule has 0 radical (unpaired) electrons. The zero-order chi connectivity index (χ0) is 13.0. The van der Waals surface area contributed by atoms with Crippen molar-refractivity contribution in [3.05, 3.63) is 34.1 Å². The second-order valence-electron chi connectivity index (χ2n) is 3.93. The number of rotatable bonds is 5. The maximum atomic E-state index is 13.7. The van der Waals surface area contributed by atoms with E-state index in [1.807, 2.05) is 0 Å². The predicted molar refractivity (Wildman–Crippen MR) is 62.6 cm³/mol. The van der Waals surface area contributed by atoms with Crippen LogP contribution in [0.1, 0.15) is 18.1 Å². The van der Waals surface area contributed by atoms with Crippen LogP contribution in [0.25, 0.3) is 0 Å². The lowest BCUT2D eigenvalue weighted by atomic mass is 9.99. The Kier molecular flexibility index (Phi) is 4.90. The second-order valence-corrected chi connectivity index (χ2v) is 4.33. The molecule has 0 bridgehead atoms. The van der Waals surface area contributed by atoms with Gasteiger partial charge in [0.05, 0.1) is 17.5 Å². The Labute approximate surface area is 104 Å². The number of ether oxygens (including phenoxy) is 1. The normalized spacial score (nSPS) is 12.5. The fourth-order valence-electron chi connectivity index (χ4n) is 1.52. The van der Waals surface area contributed by atoms with Gasteiger partial charge in [0.2, 0.25) is 0 Å². The number of carboxylic acids is 1. The van der Waals surface area contributed by atoms with Crippen LogP contribution in [0.15, 0.2) is 12.1 Å². The predicted octanol–water partition coefficient (Wildman–Crippen LogP) is 2.89. The van der Waals surface area contributed by atoms with E-state index in [4.69, 9.17) is 21.4 Å². The van der Waals surface area contributed by atoms with Crippen molar-refractivity contribution in [1.29, 1.82) is 0 Å². The summed E-state index contributed by atoms with van der Waals surface area (Å²) >= 11 is 5.74. The summed E-state index contributed by atoms with van der Waals surface area (Å²) in [5.74, 6) is -2.17. The molecule has 0 fully saturated rings. The molecule has 3 nitrogen and oxygen atoms in total. The fourth-order valence-corrected chi connectivity index (χ4v) is 1.79. The van der Waals surface area contributed by atoms with Gasteiger partial charge in [0.25, 0.3) is 0 Å². The minimum Gasteiger partial charge on any atom is -0.481 e. The van der Waals surface area contributed by atoms with Gasteiger partial charge in [0, 0.05) is 7.11 Å². The van der Waals surface area contributed by atoms with Gasteiger partial charge in [-0.05, 0) is 23.6 Å². The summed E-state index contributed by atoms with van der Waals surface area (Å²) in [7, 11) is 1.52. The van der Waals surface area contributed by atoms with Crippen molar-refractivity contribution in [2.45, 2.75) is 20.0 Å². The molecule has 0 saturated heterocycles. The maximum absolute atomic E-state index is 13.7. The molecule has 0 spiro atoms. The lowest BCUT2D eigenvalue weighted by Gasteiger charge is -2.10. The molecule has 0 aliphatic rings. The molecule has 0 amide bonds. The molecule has 0 aliphatic carbocycles. The van der Waals surface area contributed by atoms with E-state index in [2.05, 4.69) is 0 Å². The van der Waals surface area contributed by atoms with Crippen LogP contribution >= 0.6 is 11.6 Å². The summed E-state index contributed by atoms with van der Waals surface area (Å²) in [6.07, 6.45) is 0.110. The average Bonchev–Trinajstić information content (AvgIpc) is 2.25. The number of benzene rings is 1. The van der Waals surface area contributed by atoms with Gasteiger partial charge in [-0.1, -0.05) is 24.6 Å². The van der Waals surface area contributed by atoms with Crippen LogP contribution in [-0.2, 0) is 22.6 Å². The van der Waals surface area contributed by atoms with Crippen molar-refractivity contribution in [1.82, 2.24) is 0 Å². The van der Waals surface area contributed by atoms with Crippen molar-refractivity contribution in [2.75, 3.05) is 7.11 Å². The lowest BCUT2D eigenvalue weighted by Crippen LogP contribution is -2.13. The molecule has 0 aromatic heterocycles. The third kappa shape index (κ3) is 3.68. The fraction of sp³-hybridized carbons (Fsp3) is 0.417. The molecular formula is C12H14ClFO3. The van der Waals surface area contributed by atoms with E-state index < -0.39 is 17.7 Å². The largest absolute Gasteiger partial charge is 0.481 e. The highest BCUT2D eigenvalue weighted by atomic mass is 35.5. The van der Waals surface area contributed by atoms with Crippen molar-refractivity contribution in [3.63, 3.8) is 0 Å². The van der Waals surface area contributed by atoms with E-state index in [-0.39, 0.29) is 11.4 Å². The lowest BCUT2D eigenvalue weighted by molar-refractivity contribution is -0.141. The monoisotopic (exact) mass is 260 g/mol. The average molecular weight is 261 g/mol. The van der Waals surface area contributed by atoms with E-state index in [0.29, 0.717) is 12.2 Å². The second kappa shape index (κ2) is 5.98. The highest BCUT2D eigenvalue weighted by Crippen LogP contribution is 2.23. The topological polar surface area (TPSA) is 46.5 Å². The number of methoxy groups -OCH3 is 1. The summed E-state index contributed by atoms with van der Waals surface area (Å²) in [4.78, 5) is 10.7. The van der Waals surface area contributed by atoms with Gasteiger partial charge in [-0.15, -0.1) is 0 Å². The smallest absolute Gasteiger partial charge is 0.306 e. The summed E-state index contributed by atoms with van der Waals surface area (Å²) in [5.41, 5.74) is 1.03. The maximum Gasteiger partial charge on any atom is 0.306 e. The van der Waals surface area contributed by atoms with Gasteiger partial charge >= 0.3 is 5.97 Å². The Hall–Kier alpha value is -1.13. The third-order valence-electron chi connectivity index (χ3n) is 2.42. The zero-order valence-corrected chi connectivity index (χ0v) is 10.4. The first-order valence-corrected chi connectivity index (χ1v) is 5.52. The molecule has 1 rings (SSSR count). The Morgan fingerprint density at radius 2 is 2.24 bits per heavy atom. The van der Waals surface area contributed by atoms with Gasteiger partial charge in [0.1, 0.15) is 5.82 Å². The highest BCUT2D eigenvalue weighted by molar-refractivity contribution is 6.30. The number of halogens is 2. The van der Waals surface area contributed by atoms with Crippen LogP contribution in [0.5, 0.6) is 0 Å². The van der Waals surface area contributed by atoms with Crippen LogP contribution in [0, 0.1) is 11.7 Å². The van der Waals surface area contributed by atoms with E-state index in [0.717, 1.165) is 5.56 Å². The number of carboxylic acid groups (broad SMARTS) is 1. The molecule has 5 heteroatoms. The van der Waals surface area contributed by atoms with E-state index >= 15 is 0 Å². The summed E-state index contributed by atoms with van der Waals surface area (Å²) in [6, 6.07) is 3.07. The van der Waals surface area contributed by atoms with Crippen molar-refractivity contribution in [2.24, 2.45) is 5.92 Å². The third-order valence-corrected chi connectivity index (χ3v) is 2.70. The molecule has 1 N–H and O–H groups in total. The summed E-state index contributed by atoms with van der Waals surface area (Å²) < 4.78 is 18.6. The molecule has 1 aromatic rings. The van der Waals surface area contributed by atoms with Crippen LogP contribution in [0.3, 0.4) is 0 Å². The standard InChI is InChI=1S/C12H14ClFO3/c1-7(12(15)16)3-9-4-8(6-17-2)5-10(13)11(9)14/h4-5,7H,3,6H2,1-2H3,(H,15,16). The molecule has 94 valence electrons. The van der Waals surface area contributed by atoms with Crippen LogP contribution in [-0.4, -0.2) is 18.2 Å². The van der Waals surface area contributed by atoms with Crippen LogP contribution in [0.2, 0.25) is 5.02 Å². The zero-order valence-electron chi connectivity index (χ0n) is 9.67.